The summed E-state index contributed by atoms with van der Waals surface area (Å²) in [5, 5.41) is 0. The molecule has 0 saturated heterocycles. The molecule has 74 valence electrons. The van der Waals surface area contributed by atoms with Crippen LogP contribution in [0.3, 0.4) is 0 Å². The van der Waals surface area contributed by atoms with Crippen LogP contribution < -0.4 is 0 Å². The molecule has 0 aromatic carbocycles. The van der Waals surface area contributed by atoms with E-state index >= 15 is 0 Å². The van der Waals surface area contributed by atoms with E-state index in [9.17, 15) is 13.2 Å². The average Bonchev–Trinajstić information content (AvgIpc) is 1.98. The molecule has 0 bridgehead atoms. The highest BCUT2D eigenvalue weighted by atomic mass is 19.4. The van der Waals surface area contributed by atoms with Crippen molar-refractivity contribution in [1.29, 1.82) is 0 Å². The molecule has 0 spiro atoms. The second kappa shape index (κ2) is 3.20. The molecule has 13 heavy (non-hydrogen) atoms. The van der Waals surface area contributed by atoms with Crippen LogP contribution in [0.25, 0.3) is 0 Å². The Balaban J connectivity index is 3.01. The van der Waals surface area contributed by atoms with Gasteiger partial charge >= 0.3 is 6.18 Å². The highest BCUT2D eigenvalue weighted by molar-refractivity contribution is 5.29. The van der Waals surface area contributed by atoms with Gasteiger partial charge in [-0.25, -0.2) is 0 Å². The first kappa shape index (κ1) is 10.4. The molecule has 0 amide bonds. The summed E-state index contributed by atoms with van der Waals surface area (Å²) in [7, 11) is 0. The normalized spacial score (nSPS) is 29.7. The van der Waals surface area contributed by atoms with Crippen LogP contribution in [0, 0.1) is 11.8 Å². The largest absolute Gasteiger partial charge is 0.412 e. The summed E-state index contributed by atoms with van der Waals surface area (Å²) in [5.74, 6) is -0.438. The van der Waals surface area contributed by atoms with Crippen molar-refractivity contribution < 1.29 is 13.2 Å². The van der Waals surface area contributed by atoms with Gasteiger partial charge in [-0.1, -0.05) is 31.6 Å². The minimum atomic E-state index is -4.18. The number of hydrogen-bond acceptors (Lipinski definition) is 0. The van der Waals surface area contributed by atoms with Gasteiger partial charge in [0.15, 0.2) is 0 Å². The molecule has 0 aromatic heterocycles. The van der Waals surface area contributed by atoms with Crippen molar-refractivity contribution >= 4 is 0 Å². The van der Waals surface area contributed by atoms with E-state index in [4.69, 9.17) is 0 Å². The molecule has 0 radical (unpaired) electrons. The van der Waals surface area contributed by atoms with E-state index in [1.54, 1.807) is 13.0 Å². The third-order valence-corrected chi connectivity index (χ3v) is 2.81. The summed E-state index contributed by atoms with van der Waals surface area (Å²) < 4.78 is 37.2. The van der Waals surface area contributed by atoms with Crippen LogP contribution in [0.4, 0.5) is 13.2 Å². The number of rotatable bonds is 0. The van der Waals surface area contributed by atoms with Crippen molar-refractivity contribution in [2.75, 3.05) is 0 Å². The number of halogens is 3. The highest BCUT2D eigenvalue weighted by Crippen LogP contribution is 2.39. The number of hydrogen-bond donors (Lipinski definition) is 0. The van der Waals surface area contributed by atoms with E-state index in [1.165, 1.54) is 6.08 Å². The lowest BCUT2D eigenvalue weighted by Crippen LogP contribution is -2.25. The third-order valence-electron chi connectivity index (χ3n) is 2.81. The first-order chi connectivity index (χ1) is 5.84. The van der Waals surface area contributed by atoms with Crippen LogP contribution in [-0.4, -0.2) is 6.18 Å². The lowest BCUT2D eigenvalue weighted by atomic mass is 9.80. The topological polar surface area (TPSA) is 0 Å². The van der Waals surface area contributed by atoms with E-state index in [0.29, 0.717) is 0 Å². The van der Waals surface area contributed by atoms with Gasteiger partial charge in [0.05, 0.1) is 0 Å². The fourth-order valence-electron chi connectivity index (χ4n) is 1.54. The van der Waals surface area contributed by atoms with Crippen molar-refractivity contribution in [3.05, 3.63) is 23.3 Å². The Morgan fingerprint density at radius 1 is 1.08 bits per heavy atom. The van der Waals surface area contributed by atoms with Gasteiger partial charge in [0, 0.05) is 5.57 Å². The maximum absolute atomic E-state index is 12.4. The zero-order valence-corrected chi connectivity index (χ0v) is 7.94. The molecule has 1 aliphatic carbocycles. The molecular weight excluding hydrogens is 177 g/mol. The van der Waals surface area contributed by atoms with Gasteiger partial charge in [-0.15, -0.1) is 0 Å². The monoisotopic (exact) mass is 190 g/mol. The minimum absolute atomic E-state index is 0.0124. The van der Waals surface area contributed by atoms with E-state index < -0.39 is 17.7 Å². The van der Waals surface area contributed by atoms with Gasteiger partial charge < -0.3 is 0 Å². The fourth-order valence-corrected chi connectivity index (χ4v) is 1.54. The minimum Gasteiger partial charge on any atom is -0.166 e. The molecule has 1 aliphatic rings. The van der Waals surface area contributed by atoms with Crippen molar-refractivity contribution in [2.24, 2.45) is 11.8 Å². The maximum atomic E-state index is 12.4. The molecule has 0 aromatic rings. The lowest BCUT2D eigenvalue weighted by molar-refractivity contribution is -0.100. The van der Waals surface area contributed by atoms with Crippen LogP contribution in [0.15, 0.2) is 23.3 Å². The Morgan fingerprint density at radius 2 is 1.62 bits per heavy atom. The Bertz CT molecular complexity index is 258. The van der Waals surface area contributed by atoms with Crippen molar-refractivity contribution in [3.8, 4) is 0 Å². The molecule has 0 nitrogen and oxygen atoms in total. The smallest absolute Gasteiger partial charge is 0.166 e. The van der Waals surface area contributed by atoms with Gasteiger partial charge in [0.2, 0.25) is 0 Å². The molecule has 0 aliphatic heterocycles. The average molecular weight is 190 g/mol. The van der Waals surface area contributed by atoms with E-state index in [0.717, 1.165) is 5.57 Å². The van der Waals surface area contributed by atoms with Gasteiger partial charge in [0.1, 0.15) is 0 Å². The van der Waals surface area contributed by atoms with Gasteiger partial charge in [-0.05, 0) is 18.8 Å². The van der Waals surface area contributed by atoms with Crippen LogP contribution in [0.5, 0.6) is 0 Å². The molecule has 0 N–H and O–H groups in total. The van der Waals surface area contributed by atoms with Crippen LogP contribution >= 0.6 is 0 Å². The molecule has 2 unspecified atom stereocenters. The van der Waals surface area contributed by atoms with Crippen LogP contribution in [0.2, 0.25) is 0 Å². The molecule has 2 atom stereocenters. The molecule has 0 heterocycles. The van der Waals surface area contributed by atoms with Gasteiger partial charge in [0.25, 0.3) is 0 Å². The fraction of sp³-hybridized carbons (Fsp3) is 0.600. The van der Waals surface area contributed by atoms with E-state index in [2.05, 4.69) is 0 Å². The predicted octanol–water partition coefficient (Wildman–Crippen LogP) is 3.71. The van der Waals surface area contributed by atoms with E-state index in [1.807, 2.05) is 13.8 Å². The summed E-state index contributed by atoms with van der Waals surface area (Å²) in [6.45, 7) is 5.32. The zero-order valence-electron chi connectivity index (χ0n) is 7.94. The molecular formula is C10H13F3. The Labute approximate surface area is 76.1 Å². The summed E-state index contributed by atoms with van der Waals surface area (Å²) in [5.41, 5.74) is 0.603. The van der Waals surface area contributed by atoms with Gasteiger partial charge in [-0.3, -0.25) is 0 Å². The predicted molar refractivity (Wildman–Crippen MR) is 46.2 cm³/mol. The molecule has 3 heteroatoms. The summed E-state index contributed by atoms with van der Waals surface area (Å²) in [6, 6.07) is 0. The quantitative estimate of drug-likeness (QED) is 0.546. The Morgan fingerprint density at radius 3 is 2.08 bits per heavy atom. The molecule has 0 saturated carbocycles. The Hall–Kier alpha value is -0.730. The number of alkyl halides is 3. The SMILES string of the molecule is CC1=CC=C(C(F)(F)F)C(C)C1C. The van der Waals surface area contributed by atoms with Crippen LogP contribution in [-0.2, 0) is 0 Å². The highest BCUT2D eigenvalue weighted by Gasteiger charge is 2.39. The first-order valence-electron chi connectivity index (χ1n) is 4.29. The van der Waals surface area contributed by atoms with Gasteiger partial charge in [-0.2, -0.15) is 13.2 Å². The summed E-state index contributed by atoms with van der Waals surface area (Å²) in [6.07, 6.45) is -1.42. The zero-order chi connectivity index (χ0) is 10.2. The van der Waals surface area contributed by atoms with Crippen molar-refractivity contribution in [2.45, 2.75) is 26.9 Å². The summed E-state index contributed by atoms with van der Waals surface area (Å²) >= 11 is 0. The third kappa shape index (κ3) is 1.95. The number of allylic oxidation sites excluding steroid dienone is 4. The second-order valence-electron chi connectivity index (χ2n) is 3.61. The second-order valence-corrected chi connectivity index (χ2v) is 3.61. The van der Waals surface area contributed by atoms with E-state index in [-0.39, 0.29) is 5.92 Å². The standard InChI is InChI=1S/C10H13F3/c1-6-4-5-9(10(11,12)13)8(3)7(6)2/h4-5,7-8H,1-3H3. The first-order valence-corrected chi connectivity index (χ1v) is 4.29. The van der Waals surface area contributed by atoms with Crippen LogP contribution in [0.1, 0.15) is 20.8 Å². The lowest BCUT2D eigenvalue weighted by Gasteiger charge is -2.28. The Kier molecular flexibility index (Phi) is 2.55. The van der Waals surface area contributed by atoms with Crippen molar-refractivity contribution in [1.82, 2.24) is 0 Å². The molecule has 0 fully saturated rings. The maximum Gasteiger partial charge on any atom is 0.412 e. The summed E-state index contributed by atoms with van der Waals surface area (Å²) in [4.78, 5) is 0. The molecule has 1 rings (SSSR count). The van der Waals surface area contributed by atoms with Crippen molar-refractivity contribution in [3.63, 3.8) is 0 Å².